The molecule has 3 fully saturated rings. The molecule has 2 aromatic carbocycles. The Labute approximate surface area is 180 Å². The summed E-state index contributed by atoms with van der Waals surface area (Å²) >= 11 is 3.37. The lowest BCUT2D eigenvalue weighted by Gasteiger charge is -2.36. The summed E-state index contributed by atoms with van der Waals surface area (Å²) < 4.78 is 15.1. The Morgan fingerprint density at radius 3 is 2.60 bits per heavy atom. The van der Waals surface area contributed by atoms with Crippen LogP contribution in [0, 0.1) is 17.7 Å². The van der Waals surface area contributed by atoms with Crippen molar-refractivity contribution in [3.8, 4) is 0 Å². The fraction of sp³-hybridized carbons (Fsp3) is 0.318. The molecule has 0 aliphatic carbocycles. The third-order valence-corrected chi connectivity index (χ3v) is 7.57. The van der Waals surface area contributed by atoms with Gasteiger partial charge >= 0.3 is 0 Å². The molecule has 30 heavy (non-hydrogen) atoms. The molecule has 2 aromatic rings. The van der Waals surface area contributed by atoms with Crippen molar-refractivity contribution in [3.05, 3.63) is 58.3 Å². The third-order valence-electron chi connectivity index (χ3n) is 7.04. The molecule has 4 heterocycles. The predicted molar refractivity (Wildman–Crippen MR) is 110 cm³/mol. The van der Waals surface area contributed by atoms with E-state index in [4.69, 9.17) is 0 Å². The van der Waals surface area contributed by atoms with E-state index in [1.165, 1.54) is 23.1 Å². The number of benzene rings is 2. The van der Waals surface area contributed by atoms with Gasteiger partial charge in [0.15, 0.2) is 0 Å². The molecule has 152 valence electrons. The average molecular weight is 470 g/mol. The van der Waals surface area contributed by atoms with E-state index in [1.54, 1.807) is 24.3 Å². The highest BCUT2D eigenvalue weighted by atomic mass is 79.9. The molecule has 0 aromatic heterocycles. The molecular formula is C22H17BrFN3O3. The second kappa shape index (κ2) is 5.98. The van der Waals surface area contributed by atoms with Crippen molar-refractivity contribution in [1.82, 2.24) is 4.90 Å². The summed E-state index contributed by atoms with van der Waals surface area (Å²) in [5.41, 5.74) is 0.112. The number of nitrogens with one attached hydrogen (secondary N) is 1. The maximum absolute atomic E-state index is 14.2. The summed E-state index contributed by atoms with van der Waals surface area (Å²) in [6, 6.07) is 10.9. The van der Waals surface area contributed by atoms with Crippen molar-refractivity contribution in [3.63, 3.8) is 0 Å². The Bertz CT molecular complexity index is 1140. The van der Waals surface area contributed by atoms with Gasteiger partial charge in [0.2, 0.25) is 17.7 Å². The molecule has 3 amide bonds. The molecule has 6 rings (SSSR count). The van der Waals surface area contributed by atoms with E-state index in [-0.39, 0.29) is 17.9 Å². The summed E-state index contributed by atoms with van der Waals surface area (Å²) in [6.07, 6.45) is 1.56. The van der Waals surface area contributed by atoms with Gasteiger partial charge in [-0.15, -0.1) is 0 Å². The van der Waals surface area contributed by atoms with Gasteiger partial charge in [-0.25, -0.2) is 9.29 Å². The fourth-order valence-electron chi connectivity index (χ4n) is 6.02. The van der Waals surface area contributed by atoms with E-state index >= 15 is 0 Å². The number of halogens is 2. The Hall–Kier alpha value is -2.58. The number of carbonyl (C=O) groups excluding carboxylic acids is 3. The lowest BCUT2D eigenvalue weighted by atomic mass is 9.75. The van der Waals surface area contributed by atoms with Crippen molar-refractivity contribution < 1.29 is 18.8 Å². The number of anilines is 2. The van der Waals surface area contributed by atoms with Crippen LogP contribution in [-0.2, 0) is 19.9 Å². The van der Waals surface area contributed by atoms with Crippen LogP contribution >= 0.6 is 15.9 Å². The molecule has 4 aliphatic heterocycles. The molecule has 1 spiro atoms. The second-order valence-corrected chi connectivity index (χ2v) is 9.22. The van der Waals surface area contributed by atoms with Crippen LogP contribution in [0.15, 0.2) is 46.9 Å². The van der Waals surface area contributed by atoms with Gasteiger partial charge in [0.05, 0.1) is 17.5 Å². The van der Waals surface area contributed by atoms with E-state index in [2.05, 4.69) is 21.2 Å². The molecule has 4 atom stereocenters. The zero-order valence-corrected chi connectivity index (χ0v) is 17.4. The topological polar surface area (TPSA) is 69.7 Å². The van der Waals surface area contributed by atoms with Crippen LogP contribution in [0.1, 0.15) is 18.4 Å². The first-order chi connectivity index (χ1) is 14.4. The predicted octanol–water partition coefficient (Wildman–Crippen LogP) is 3.02. The zero-order chi connectivity index (χ0) is 20.8. The Morgan fingerprint density at radius 1 is 1.07 bits per heavy atom. The van der Waals surface area contributed by atoms with E-state index in [1.807, 2.05) is 4.90 Å². The number of hydrogen-bond acceptors (Lipinski definition) is 4. The van der Waals surface area contributed by atoms with Gasteiger partial charge in [0.25, 0.3) is 0 Å². The second-order valence-electron chi connectivity index (χ2n) is 8.31. The first-order valence-electron chi connectivity index (χ1n) is 9.96. The molecule has 1 N–H and O–H groups in total. The van der Waals surface area contributed by atoms with Crippen LogP contribution in [0.2, 0.25) is 0 Å². The highest BCUT2D eigenvalue weighted by Crippen LogP contribution is 2.60. The zero-order valence-electron chi connectivity index (χ0n) is 15.8. The van der Waals surface area contributed by atoms with Gasteiger partial charge in [-0.05, 0) is 61.9 Å². The SMILES string of the molecule is O=C1[C@@H]2[C@@H]3CCCN3[C@]3(C(=O)Nc4ccc(F)cc43)[C@H]2C(=O)N1c1ccc(Br)cc1. The van der Waals surface area contributed by atoms with Crippen LogP contribution in [0.25, 0.3) is 0 Å². The number of carbonyl (C=O) groups is 3. The number of hydrogen-bond donors (Lipinski definition) is 1. The average Bonchev–Trinajstić information content (AvgIpc) is 3.42. The van der Waals surface area contributed by atoms with Gasteiger partial charge in [0.1, 0.15) is 11.4 Å². The van der Waals surface area contributed by atoms with E-state index < -0.39 is 29.1 Å². The fourth-order valence-corrected chi connectivity index (χ4v) is 6.28. The first kappa shape index (κ1) is 18.2. The molecule has 0 radical (unpaired) electrons. The third kappa shape index (κ3) is 2.03. The molecule has 8 heteroatoms. The number of rotatable bonds is 1. The maximum Gasteiger partial charge on any atom is 0.250 e. The van der Waals surface area contributed by atoms with Crippen molar-refractivity contribution >= 4 is 45.0 Å². The van der Waals surface area contributed by atoms with Crippen LogP contribution in [0.3, 0.4) is 0 Å². The molecular weight excluding hydrogens is 453 g/mol. The van der Waals surface area contributed by atoms with Gasteiger partial charge in [0, 0.05) is 21.8 Å². The summed E-state index contributed by atoms with van der Waals surface area (Å²) in [6.45, 7) is 0.597. The number of amides is 3. The monoisotopic (exact) mass is 469 g/mol. The maximum atomic E-state index is 14.2. The quantitative estimate of drug-likeness (QED) is 0.651. The Kier molecular flexibility index (Phi) is 3.63. The summed E-state index contributed by atoms with van der Waals surface area (Å²) in [5.74, 6) is -2.98. The van der Waals surface area contributed by atoms with E-state index in [0.29, 0.717) is 23.5 Å². The highest BCUT2D eigenvalue weighted by Gasteiger charge is 2.74. The number of imide groups is 1. The minimum absolute atomic E-state index is 0.216. The Morgan fingerprint density at radius 2 is 1.83 bits per heavy atom. The number of nitrogens with zero attached hydrogens (tertiary/aromatic N) is 2. The van der Waals surface area contributed by atoms with Gasteiger partial charge in [-0.3, -0.25) is 19.3 Å². The number of fused-ring (bicyclic) bond motifs is 7. The minimum Gasteiger partial charge on any atom is -0.324 e. The summed E-state index contributed by atoms with van der Waals surface area (Å²) in [4.78, 5) is 43.8. The van der Waals surface area contributed by atoms with Gasteiger partial charge in [-0.1, -0.05) is 15.9 Å². The normalized spacial score (nSPS) is 32.0. The standard InChI is InChI=1S/C22H17BrFN3O3/c23-11-3-6-13(7-4-11)27-19(28)17-16-2-1-9-26(16)22(18(17)20(27)29)14-10-12(24)5-8-15(14)25-21(22)30/h3-8,10,16-18H,1-2,9H2,(H,25,30)/t16-,17+,18+,22-/m0/s1. The van der Waals surface area contributed by atoms with Crippen molar-refractivity contribution in [2.24, 2.45) is 11.8 Å². The molecule has 0 saturated carbocycles. The van der Waals surface area contributed by atoms with Crippen molar-refractivity contribution in [2.75, 3.05) is 16.8 Å². The molecule has 6 nitrogen and oxygen atoms in total. The van der Waals surface area contributed by atoms with Gasteiger partial charge in [-0.2, -0.15) is 0 Å². The molecule has 0 bridgehead atoms. The van der Waals surface area contributed by atoms with Gasteiger partial charge < -0.3 is 5.32 Å². The van der Waals surface area contributed by atoms with E-state index in [0.717, 1.165) is 17.3 Å². The lowest BCUT2D eigenvalue weighted by Crippen LogP contribution is -2.54. The minimum atomic E-state index is -1.35. The lowest BCUT2D eigenvalue weighted by molar-refractivity contribution is -0.135. The van der Waals surface area contributed by atoms with Crippen LogP contribution in [-0.4, -0.2) is 35.2 Å². The summed E-state index contributed by atoms with van der Waals surface area (Å²) in [7, 11) is 0. The molecule has 3 saturated heterocycles. The first-order valence-corrected chi connectivity index (χ1v) is 10.8. The summed E-state index contributed by atoms with van der Waals surface area (Å²) in [5, 5.41) is 2.84. The van der Waals surface area contributed by atoms with Crippen LogP contribution < -0.4 is 10.2 Å². The molecule has 4 aliphatic rings. The van der Waals surface area contributed by atoms with Crippen molar-refractivity contribution in [1.29, 1.82) is 0 Å². The molecule has 0 unspecified atom stereocenters. The Balaban J connectivity index is 1.56. The smallest absolute Gasteiger partial charge is 0.250 e. The van der Waals surface area contributed by atoms with Crippen LogP contribution in [0.4, 0.5) is 15.8 Å². The van der Waals surface area contributed by atoms with E-state index in [9.17, 15) is 18.8 Å². The largest absolute Gasteiger partial charge is 0.324 e. The highest BCUT2D eigenvalue weighted by molar-refractivity contribution is 9.10. The van der Waals surface area contributed by atoms with Crippen LogP contribution in [0.5, 0.6) is 0 Å². The van der Waals surface area contributed by atoms with Crippen molar-refractivity contribution in [2.45, 2.75) is 24.4 Å².